The fraction of sp³-hybridized carbons (Fsp3) is 0.706. The largest absolute Gasteiger partial charge is 0.353 e. The van der Waals surface area contributed by atoms with E-state index in [0.717, 1.165) is 18.9 Å². The Morgan fingerprint density at radius 2 is 2.15 bits per heavy atom. The van der Waals surface area contributed by atoms with Crippen molar-refractivity contribution in [2.45, 2.75) is 65.6 Å². The molecule has 1 fully saturated rings. The van der Waals surface area contributed by atoms with E-state index in [-0.39, 0.29) is 5.54 Å². The lowest BCUT2D eigenvalue weighted by Crippen LogP contribution is -2.35. The number of nitrogens with zero attached hydrogens (tertiary/aromatic N) is 2. The normalized spacial score (nSPS) is 19.9. The Labute approximate surface area is 123 Å². The Kier molecular flexibility index (Phi) is 4.69. The molecule has 1 aromatic rings. The molecule has 3 heteroatoms. The van der Waals surface area contributed by atoms with Crippen LogP contribution in [0, 0.1) is 5.92 Å². The van der Waals surface area contributed by atoms with Crippen molar-refractivity contribution < 1.29 is 0 Å². The van der Waals surface area contributed by atoms with Gasteiger partial charge in [-0.3, -0.25) is 0 Å². The molecule has 1 atom stereocenters. The average molecular weight is 275 g/mol. The van der Waals surface area contributed by atoms with E-state index < -0.39 is 0 Å². The second-order valence-electron chi connectivity index (χ2n) is 7.27. The first-order chi connectivity index (χ1) is 9.37. The Morgan fingerprint density at radius 1 is 1.40 bits per heavy atom. The maximum Gasteiger partial charge on any atom is 0.129 e. The van der Waals surface area contributed by atoms with E-state index in [4.69, 9.17) is 0 Å². The van der Waals surface area contributed by atoms with Crippen LogP contribution in [0.25, 0.3) is 0 Å². The van der Waals surface area contributed by atoms with Gasteiger partial charge in [0.2, 0.25) is 0 Å². The summed E-state index contributed by atoms with van der Waals surface area (Å²) in [5.74, 6) is 1.84. The van der Waals surface area contributed by atoms with Gasteiger partial charge in [-0.2, -0.15) is 0 Å². The molecular weight excluding hydrogens is 246 g/mol. The smallest absolute Gasteiger partial charge is 0.129 e. The van der Waals surface area contributed by atoms with Crippen LogP contribution in [0.2, 0.25) is 0 Å². The van der Waals surface area contributed by atoms with Gasteiger partial charge in [-0.1, -0.05) is 13.8 Å². The molecule has 0 radical (unpaired) electrons. The van der Waals surface area contributed by atoms with Crippen LogP contribution in [0.15, 0.2) is 18.3 Å². The molecule has 1 saturated heterocycles. The van der Waals surface area contributed by atoms with Crippen LogP contribution in [-0.2, 0) is 6.54 Å². The Bertz CT molecular complexity index is 434. The molecule has 112 valence electrons. The fourth-order valence-electron chi connectivity index (χ4n) is 2.86. The zero-order valence-corrected chi connectivity index (χ0v) is 13.6. The Morgan fingerprint density at radius 3 is 2.80 bits per heavy atom. The molecule has 20 heavy (non-hydrogen) atoms. The van der Waals surface area contributed by atoms with Gasteiger partial charge < -0.3 is 10.2 Å². The standard InChI is InChI=1S/C17H29N3/c1-13(2)15-7-6-10-20(15)16-11-14(8-9-18-16)12-19-17(3,4)5/h8-9,11,13,15,19H,6-7,10,12H2,1-5H3. The third-order valence-electron chi connectivity index (χ3n) is 4.00. The molecule has 0 aromatic carbocycles. The quantitative estimate of drug-likeness (QED) is 0.910. The maximum atomic E-state index is 4.60. The lowest BCUT2D eigenvalue weighted by atomic mass is 10.0. The molecule has 3 nitrogen and oxygen atoms in total. The third kappa shape index (κ3) is 3.95. The third-order valence-corrected chi connectivity index (χ3v) is 4.00. The zero-order chi connectivity index (χ0) is 14.8. The molecule has 2 rings (SSSR count). The van der Waals surface area contributed by atoms with Gasteiger partial charge in [-0.05, 0) is 57.2 Å². The summed E-state index contributed by atoms with van der Waals surface area (Å²) in [7, 11) is 0. The number of aromatic nitrogens is 1. The molecule has 0 bridgehead atoms. The molecule has 1 aliphatic heterocycles. The van der Waals surface area contributed by atoms with Crippen molar-refractivity contribution in [3.8, 4) is 0 Å². The molecule has 1 unspecified atom stereocenters. The van der Waals surface area contributed by atoms with E-state index in [1.165, 1.54) is 18.4 Å². The van der Waals surface area contributed by atoms with Gasteiger partial charge in [-0.25, -0.2) is 4.98 Å². The summed E-state index contributed by atoms with van der Waals surface area (Å²) in [5.41, 5.74) is 1.47. The minimum absolute atomic E-state index is 0.150. The topological polar surface area (TPSA) is 28.2 Å². The van der Waals surface area contributed by atoms with Gasteiger partial charge in [0.1, 0.15) is 5.82 Å². The van der Waals surface area contributed by atoms with Crippen molar-refractivity contribution in [3.05, 3.63) is 23.9 Å². The summed E-state index contributed by atoms with van der Waals surface area (Å²) in [6, 6.07) is 5.01. The first-order valence-electron chi connectivity index (χ1n) is 7.83. The number of hydrogen-bond acceptors (Lipinski definition) is 3. The van der Waals surface area contributed by atoms with E-state index in [2.05, 4.69) is 62.0 Å². The SMILES string of the molecule is CC(C)C1CCCN1c1cc(CNC(C)(C)C)ccn1. The molecular formula is C17H29N3. The van der Waals surface area contributed by atoms with Crippen LogP contribution in [0.4, 0.5) is 5.82 Å². The van der Waals surface area contributed by atoms with Gasteiger partial charge >= 0.3 is 0 Å². The molecule has 0 aliphatic carbocycles. The van der Waals surface area contributed by atoms with Gasteiger partial charge in [0, 0.05) is 30.9 Å². The van der Waals surface area contributed by atoms with E-state index in [1.807, 2.05) is 6.20 Å². The van der Waals surface area contributed by atoms with E-state index in [0.29, 0.717) is 12.0 Å². The first kappa shape index (κ1) is 15.3. The van der Waals surface area contributed by atoms with E-state index in [1.54, 1.807) is 0 Å². The Balaban J connectivity index is 2.09. The Hall–Kier alpha value is -1.09. The van der Waals surface area contributed by atoms with Crippen molar-refractivity contribution in [1.29, 1.82) is 0 Å². The summed E-state index contributed by atoms with van der Waals surface area (Å²) in [6.45, 7) is 13.3. The van der Waals surface area contributed by atoms with Gasteiger partial charge in [0.15, 0.2) is 0 Å². The molecule has 1 aromatic heterocycles. The summed E-state index contributed by atoms with van der Waals surface area (Å²) in [4.78, 5) is 7.09. The first-order valence-corrected chi connectivity index (χ1v) is 7.83. The number of nitrogens with one attached hydrogen (secondary N) is 1. The second kappa shape index (κ2) is 6.13. The number of hydrogen-bond donors (Lipinski definition) is 1. The van der Waals surface area contributed by atoms with Crippen LogP contribution in [0.5, 0.6) is 0 Å². The lowest BCUT2D eigenvalue weighted by molar-refractivity contribution is 0.424. The monoisotopic (exact) mass is 275 g/mol. The zero-order valence-electron chi connectivity index (χ0n) is 13.6. The highest BCUT2D eigenvalue weighted by atomic mass is 15.2. The van der Waals surface area contributed by atoms with Gasteiger partial charge in [0.25, 0.3) is 0 Å². The van der Waals surface area contributed by atoms with Crippen molar-refractivity contribution >= 4 is 5.82 Å². The van der Waals surface area contributed by atoms with Crippen LogP contribution < -0.4 is 10.2 Å². The second-order valence-corrected chi connectivity index (χ2v) is 7.27. The van der Waals surface area contributed by atoms with Crippen molar-refractivity contribution in [3.63, 3.8) is 0 Å². The van der Waals surface area contributed by atoms with E-state index in [9.17, 15) is 0 Å². The van der Waals surface area contributed by atoms with Crippen LogP contribution >= 0.6 is 0 Å². The van der Waals surface area contributed by atoms with Gasteiger partial charge in [-0.15, -0.1) is 0 Å². The summed E-state index contributed by atoms with van der Waals surface area (Å²) in [6.07, 6.45) is 4.53. The molecule has 2 heterocycles. The highest BCUT2D eigenvalue weighted by molar-refractivity contribution is 5.43. The predicted molar refractivity (Wildman–Crippen MR) is 86.0 cm³/mol. The number of rotatable bonds is 4. The summed E-state index contributed by atoms with van der Waals surface area (Å²) >= 11 is 0. The van der Waals surface area contributed by atoms with Crippen molar-refractivity contribution in [1.82, 2.24) is 10.3 Å². The molecule has 1 N–H and O–H groups in total. The van der Waals surface area contributed by atoms with Crippen molar-refractivity contribution in [2.75, 3.05) is 11.4 Å². The van der Waals surface area contributed by atoms with Gasteiger partial charge in [0.05, 0.1) is 0 Å². The minimum atomic E-state index is 0.150. The number of anilines is 1. The molecule has 1 aliphatic rings. The van der Waals surface area contributed by atoms with Crippen LogP contribution in [0.3, 0.4) is 0 Å². The number of pyridine rings is 1. The maximum absolute atomic E-state index is 4.60. The molecule has 0 amide bonds. The van der Waals surface area contributed by atoms with E-state index >= 15 is 0 Å². The molecule has 0 spiro atoms. The molecule has 0 saturated carbocycles. The van der Waals surface area contributed by atoms with Crippen LogP contribution in [-0.4, -0.2) is 23.1 Å². The highest BCUT2D eigenvalue weighted by Crippen LogP contribution is 2.28. The predicted octanol–water partition coefficient (Wildman–Crippen LogP) is 3.59. The lowest BCUT2D eigenvalue weighted by Gasteiger charge is -2.29. The minimum Gasteiger partial charge on any atom is -0.353 e. The average Bonchev–Trinajstić information content (AvgIpc) is 2.85. The van der Waals surface area contributed by atoms with Crippen molar-refractivity contribution in [2.24, 2.45) is 5.92 Å². The highest BCUT2D eigenvalue weighted by Gasteiger charge is 2.28. The fourth-order valence-corrected chi connectivity index (χ4v) is 2.86. The summed E-state index contributed by atoms with van der Waals surface area (Å²) < 4.78 is 0. The summed E-state index contributed by atoms with van der Waals surface area (Å²) in [5, 5.41) is 3.54. The van der Waals surface area contributed by atoms with Crippen LogP contribution in [0.1, 0.15) is 53.0 Å².